The molecular formula is C10H11FN2O5. The first-order valence-electron chi connectivity index (χ1n) is 5.18. The van der Waals surface area contributed by atoms with Crippen LogP contribution in [-0.2, 0) is 6.42 Å². The molecule has 0 atom stereocenters. The van der Waals surface area contributed by atoms with Crippen molar-refractivity contribution < 1.29 is 19.3 Å². The van der Waals surface area contributed by atoms with Gasteiger partial charge in [-0.3, -0.25) is 24.6 Å². The van der Waals surface area contributed by atoms with E-state index in [4.69, 9.17) is 0 Å². The highest BCUT2D eigenvalue weighted by Crippen LogP contribution is 2.38. The van der Waals surface area contributed by atoms with E-state index in [2.05, 4.69) is 0 Å². The summed E-state index contributed by atoms with van der Waals surface area (Å²) in [4.78, 5) is 19.6. The molecular weight excluding hydrogens is 247 g/mol. The Labute approximate surface area is 101 Å². The smallest absolute Gasteiger partial charge is 0.321 e. The van der Waals surface area contributed by atoms with Crippen molar-refractivity contribution in [1.82, 2.24) is 0 Å². The van der Waals surface area contributed by atoms with Gasteiger partial charge in [-0.1, -0.05) is 0 Å². The number of phenols is 1. The molecule has 0 aliphatic rings. The van der Waals surface area contributed by atoms with Crippen molar-refractivity contribution >= 4 is 11.4 Å². The van der Waals surface area contributed by atoms with Crippen LogP contribution in [0.5, 0.6) is 5.75 Å². The average molecular weight is 258 g/mol. The van der Waals surface area contributed by atoms with Gasteiger partial charge in [0.1, 0.15) is 0 Å². The molecule has 0 saturated heterocycles. The Morgan fingerprint density at radius 3 is 2.33 bits per heavy atom. The molecule has 1 N–H and O–H groups in total. The molecule has 0 heterocycles. The van der Waals surface area contributed by atoms with Crippen LogP contribution in [0.2, 0.25) is 0 Å². The van der Waals surface area contributed by atoms with Gasteiger partial charge in [-0.2, -0.15) is 0 Å². The Morgan fingerprint density at radius 2 is 1.83 bits per heavy atom. The highest BCUT2D eigenvalue weighted by molar-refractivity contribution is 5.63. The Balaban J connectivity index is 3.15. The van der Waals surface area contributed by atoms with Gasteiger partial charge >= 0.3 is 11.4 Å². The van der Waals surface area contributed by atoms with Crippen LogP contribution in [0.1, 0.15) is 18.4 Å². The number of rotatable bonds is 6. The van der Waals surface area contributed by atoms with Gasteiger partial charge < -0.3 is 5.11 Å². The molecule has 1 aromatic rings. The molecule has 0 aromatic heterocycles. The van der Waals surface area contributed by atoms with Crippen LogP contribution in [0, 0.1) is 20.2 Å². The van der Waals surface area contributed by atoms with Gasteiger partial charge in [0.05, 0.1) is 16.5 Å². The van der Waals surface area contributed by atoms with Crippen LogP contribution in [0.25, 0.3) is 0 Å². The minimum atomic E-state index is -0.956. The fourth-order valence-corrected chi connectivity index (χ4v) is 1.57. The van der Waals surface area contributed by atoms with Gasteiger partial charge in [0, 0.05) is 11.6 Å². The van der Waals surface area contributed by atoms with Crippen LogP contribution >= 0.6 is 0 Å². The summed E-state index contributed by atoms with van der Waals surface area (Å²) in [6.45, 7) is -0.535. The number of aryl methyl sites for hydroxylation is 1. The van der Waals surface area contributed by atoms with E-state index in [9.17, 15) is 29.7 Å². The number of hydrogen-bond donors (Lipinski definition) is 1. The van der Waals surface area contributed by atoms with Crippen LogP contribution in [0.4, 0.5) is 15.8 Å². The molecule has 0 aliphatic heterocycles. The van der Waals surface area contributed by atoms with Gasteiger partial charge in [-0.05, 0) is 25.3 Å². The second-order valence-corrected chi connectivity index (χ2v) is 3.60. The van der Waals surface area contributed by atoms with E-state index in [0.717, 1.165) is 6.07 Å². The van der Waals surface area contributed by atoms with E-state index in [0.29, 0.717) is 6.42 Å². The number of alkyl halides is 1. The Hall–Kier alpha value is -2.25. The number of phenolic OH excluding ortho intramolecular Hbond substituents is 1. The number of halogens is 1. The summed E-state index contributed by atoms with van der Waals surface area (Å²) in [5.41, 5.74) is -1.23. The summed E-state index contributed by atoms with van der Waals surface area (Å²) in [7, 11) is 0. The van der Waals surface area contributed by atoms with E-state index in [-0.39, 0.29) is 18.4 Å². The van der Waals surface area contributed by atoms with Crippen LogP contribution in [0.3, 0.4) is 0 Å². The lowest BCUT2D eigenvalue weighted by Crippen LogP contribution is -1.99. The minimum absolute atomic E-state index is 0.163. The first-order valence-corrected chi connectivity index (χ1v) is 5.18. The molecule has 7 nitrogen and oxygen atoms in total. The van der Waals surface area contributed by atoms with E-state index >= 15 is 0 Å². The van der Waals surface area contributed by atoms with Crippen molar-refractivity contribution in [1.29, 1.82) is 0 Å². The molecule has 0 bridgehead atoms. The summed E-state index contributed by atoms with van der Waals surface area (Å²) in [6.07, 6.45) is 0.801. The van der Waals surface area contributed by atoms with Crippen LogP contribution in [0.15, 0.2) is 12.1 Å². The Morgan fingerprint density at radius 1 is 1.17 bits per heavy atom. The SMILES string of the molecule is O=[N+]([O-])c1ccc(CCCCF)c([N+](=O)[O-])c1O. The number of nitro groups is 2. The highest BCUT2D eigenvalue weighted by Gasteiger charge is 2.28. The number of hydrogen-bond acceptors (Lipinski definition) is 5. The van der Waals surface area contributed by atoms with Crippen molar-refractivity contribution in [3.05, 3.63) is 37.9 Å². The van der Waals surface area contributed by atoms with Gasteiger partial charge in [-0.25, -0.2) is 0 Å². The standard InChI is InChI=1S/C10H11FN2O5/c11-6-2-1-3-7-4-5-8(12(15)16)10(14)9(7)13(17)18/h4-5,14H,1-3,6H2. The number of aromatic hydroxyl groups is 1. The number of benzene rings is 1. The normalized spacial score (nSPS) is 10.3. The first kappa shape index (κ1) is 13.8. The summed E-state index contributed by atoms with van der Waals surface area (Å²) in [5.74, 6) is -0.956. The van der Waals surface area contributed by atoms with Crippen molar-refractivity contribution in [2.45, 2.75) is 19.3 Å². The maximum absolute atomic E-state index is 11.9. The van der Waals surface area contributed by atoms with Crippen molar-refractivity contribution in [3.63, 3.8) is 0 Å². The first-order chi connectivity index (χ1) is 8.49. The third-order valence-electron chi connectivity index (χ3n) is 2.42. The van der Waals surface area contributed by atoms with Crippen molar-refractivity contribution in [2.24, 2.45) is 0 Å². The molecule has 0 amide bonds. The Kier molecular flexibility index (Phi) is 4.52. The van der Waals surface area contributed by atoms with E-state index < -0.39 is 33.6 Å². The maximum Gasteiger partial charge on any atom is 0.321 e. The lowest BCUT2D eigenvalue weighted by Gasteiger charge is -2.04. The predicted octanol–water partition coefficient (Wildman–Crippen LogP) is 2.50. The molecule has 98 valence electrons. The summed E-state index contributed by atoms with van der Waals surface area (Å²) in [6, 6.07) is 2.22. The lowest BCUT2D eigenvalue weighted by molar-refractivity contribution is -0.396. The molecule has 0 spiro atoms. The molecule has 0 aliphatic carbocycles. The van der Waals surface area contributed by atoms with Gasteiger partial charge in [0.15, 0.2) is 0 Å². The molecule has 0 radical (unpaired) electrons. The molecule has 1 rings (SSSR count). The largest absolute Gasteiger partial charge is 0.497 e. The maximum atomic E-state index is 11.9. The fraction of sp³-hybridized carbons (Fsp3) is 0.400. The third-order valence-corrected chi connectivity index (χ3v) is 2.42. The summed E-state index contributed by atoms with van der Waals surface area (Å²) >= 11 is 0. The third kappa shape index (κ3) is 2.90. The zero-order valence-electron chi connectivity index (χ0n) is 9.34. The molecule has 0 unspecified atom stereocenters. The predicted molar refractivity (Wildman–Crippen MR) is 60.3 cm³/mol. The van der Waals surface area contributed by atoms with E-state index in [1.54, 1.807) is 0 Å². The van der Waals surface area contributed by atoms with Crippen LogP contribution in [-0.4, -0.2) is 21.6 Å². The lowest BCUT2D eigenvalue weighted by atomic mass is 10.0. The molecule has 0 fully saturated rings. The molecule has 0 saturated carbocycles. The second-order valence-electron chi connectivity index (χ2n) is 3.60. The van der Waals surface area contributed by atoms with Gasteiger partial charge in [-0.15, -0.1) is 0 Å². The van der Waals surface area contributed by atoms with E-state index in [1.165, 1.54) is 6.07 Å². The van der Waals surface area contributed by atoms with Crippen molar-refractivity contribution in [2.75, 3.05) is 6.67 Å². The highest BCUT2D eigenvalue weighted by atomic mass is 19.1. The monoisotopic (exact) mass is 258 g/mol. The zero-order valence-corrected chi connectivity index (χ0v) is 9.34. The van der Waals surface area contributed by atoms with Crippen LogP contribution < -0.4 is 0 Å². The second kappa shape index (κ2) is 5.89. The van der Waals surface area contributed by atoms with Crippen molar-refractivity contribution in [3.8, 4) is 5.75 Å². The minimum Gasteiger partial charge on any atom is -0.497 e. The fourth-order valence-electron chi connectivity index (χ4n) is 1.57. The average Bonchev–Trinajstić information content (AvgIpc) is 2.28. The topological polar surface area (TPSA) is 107 Å². The number of nitrogens with zero attached hydrogens (tertiary/aromatic N) is 2. The van der Waals surface area contributed by atoms with Gasteiger partial charge in [0.25, 0.3) is 5.75 Å². The summed E-state index contributed by atoms with van der Waals surface area (Å²) in [5, 5.41) is 30.9. The van der Waals surface area contributed by atoms with E-state index in [1.807, 2.05) is 0 Å². The molecule has 8 heteroatoms. The molecule has 1 aromatic carbocycles. The Bertz CT molecular complexity index is 478. The van der Waals surface area contributed by atoms with Gasteiger partial charge in [0.2, 0.25) is 0 Å². The molecule has 18 heavy (non-hydrogen) atoms. The number of unbranched alkanes of at least 4 members (excludes halogenated alkanes) is 1. The summed E-state index contributed by atoms with van der Waals surface area (Å²) < 4.78 is 11.9. The zero-order chi connectivity index (χ0) is 13.7. The number of nitro benzene ring substituents is 2. The quantitative estimate of drug-likeness (QED) is 0.479.